The van der Waals surface area contributed by atoms with Gasteiger partial charge in [0.15, 0.2) is 0 Å². The van der Waals surface area contributed by atoms with Crippen LogP contribution < -0.4 is 5.32 Å². The summed E-state index contributed by atoms with van der Waals surface area (Å²) in [6, 6.07) is 19.1. The van der Waals surface area contributed by atoms with E-state index in [4.69, 9.17) is 4.74 Å². The summed E-state index contributed by atoms with van der Waals surface area (Å²) >= 11 is 0. The first-order valence-electron chi connectivity index (χ1n) is 15.1. The van der Waals surface area contributed by atoms with E-state index < -0.39 is 23.5 Å². The van der Waals surface area contributed by atoms with Gasteiger partial charge < -0.3 is 15.0 Å². The highest BCUT2D eigenvalue weighted by molar-refractivity contribution is 5.82. The number of amides is 1. The molecule has 2 fully saturated rings. The van der Waals surface area contributed by atoms with E-state index in [2.05, 4.69) is 11.4 Å². The molecule has 0 saturated heterocycles. The maximum absolute atomic E-state index is 13.6. The van der Waals surface area contributed by atoms with Gasteiger partial charge in [0.05, 0.1) is 5.41 Å². The van der Waals surface area contributed by atoms with Crippen LogP contribution in [0.25, 0.3) is 6.08 Å². The predicted molar refractivity (Wildman–Crippen MR) is 158 cm³/mol. The number of nitrogens with zero attached hydrogens (tertiary/aromatic N) is 1. The highest BCUT2D eigenvalue weighted by Gasteiger charge is 2.52. The lowest BCUT2D eigenvalue weighted by atomic mass is 9.84. The Bertz CT molecular complexity index is 1210. The Labute approximate surface area is 247 Å². The molecule has 5 nitrogen and oxygen atoms in total. The summed E-state index contributed by atoms with van der Waals surface area (Å²) < 4.78 is 46.4. The maximum atomic E-state index is 13.6. The highest BCUT2D eigenvalue weighted by atomic mass is 19.4. The Morgan fingerprint density at radius 2 is 1.60 bits per heavy atom. The van der Waals surface area contributed by atoms with Crippen molar-refractivity contribution in [3.63, 3.8) is 0 Å². The molecule has 1 N–H and O–H groups in total. The molecular formula is C34H43F3N2O3. The molecule has 0 unspecified atom stereocenters. The van der Waals surface area contributed by atoms with Crippen molar-refractivity contribution in [1.82, 2.24) is 10.2 Å². The highest BCUT2D eigenvalue weighted by Crippen LogP contribution is 2.45. The minimum absolute atomic E-state index is 0.0163. The predicted octanol–water partition coefficient (Wildman–Crippen LogP) is 7.18. The van der Waals surface area contributed by atoms with Gasteiger partial charge in [0.2, 0.25) is 0 Å². The summed E-state index contributed by atoms with van der Waals surface area (Å²) in [6.45, 7) is 6.52. The molecule has 2 aromatic carbocycles. The molecule has 0 aliphatic heterocycles. The largest absolute Gasteiger partial charge is 0.471 e. The first kappa shape index (κ1) is 31.8. The Balaban J connectivity index is 1.28. The fourth-order valence-electron chi connectivity index (χ4n) is 5.91. The van der Waals surface area contributed by atoms with E-state index in [-0.39, 0.29) is 37.0 Å². The molecule has 2 aliphatic carbocycles. The first-order chi connectivity index (χ1) is 20.0. The molecule has 4 rings (SSSR count). The standard InChI is InChI=1S/C34H43F3N2O3/c1-4-27(19-24-11-7-5-8-12-24)29-20-30(29)39(31(40)34(35,36)37)21-25-15-17-28(18-16-25)38-23-33(2,3)32(41)42-22-26-13-9-6-10-14-26/h5-14,19,25,28-30,38H,4,15-18,20-23H2,1-3H3/b27-19+/t25-,28-,29-,30+/m0/s1. The van der Waals surface area contributed by atoms with Crippen LogP contribution in [0.2, 0.25) is 0 Å². The number of alkyl halides is 3. The van der Waals surface area contributed by atoms with Crippen LogP contribution >= 0.6 is 0 Å². The Kier molecular flexibility index (Phi) is 10.5. The number of rotatable bonds is 12. The molecule has 228 valence electrons. The van der Waals surface area contributed by atoms with Gasteiger partial charge in [-0.3, -0.25) is 9.59 Å². The molecule has 2 atom stereocenters. The maximum Gasteiger partial charge on any atom is 0.471 e. The van der Waals surface area contributed by atoms with Gasteiger partial charge in [0.25, 0.3) is 0 Å². The zero-order valence-electron chi connectivity index (χ0n) is 24.8. The Morgan fingerprint density at radius 3 is 2.19 bits per heavy atom. The average Bonchev–Trinajstić information content (AvgIpc) is 3.77. The van der Waals surface area contributed by atoms with Gasteiger partial charge in [-0.15, -0.1) is 0 Å². The smallest absolute Gasteiger partial charge is 0.460 e. The molecule has 0 heterocycles. The number of hydrogen-bond donors (Lipinski definition) is 1. The van der Waals surface area contributed by atoms with Crippen LogP contribution in [0, 0.1) is 17.3 Å². The minimum atomic E-state index is -4.89. The van der Waals surface area contributed by atoms with Gasteiger partial charge in [-0.2, -0.15) is 13.2 Å². The van der Waals surface area contributed by atoms with Crippen molar-refractivity contribution in [2.75, 3.05) is 13.1 Å². The van der Waals surface area contributed by atoms with E-state index in [9.17, 15) is 22.8 Å². The van der Waals surface area contributed by atoms with Gasteiger partial charge >= 0.3 is 18.1 Å². The number of carbonyl (C=O) groups excluding carboxylic acids is 2. The van der Waals surface area contributed by atoms with Crippen LogP contribution in [-0.2, 0) is 20.9 Å². The van der Waals surface area contributed by atoms with Crippen molar-refractivity contribution >= 4 is 18.0 Å². The minimum Gasteiger partial charge on any atom is -0.460 e. The fraction of sp³-hybridized carbons (Fsp3) is 0.529. The van der Waals surface area contributed by atoms with Gasteiger partial charge in [0, 0.05) is 31.1 Å². The lowest BCUT2D eigenvalue weighted by Gasteiger charge is -2.35. The molecule has 0 bridgehead atoms. The van der Waals surface area contributed by atoms with Crippen LogP contribution in [-0.4, -0.2) is 48.1 Å². The summed E-state index contributed by atoms with van der Waals surface area (Å²) in [4.78, 5) is 26.4. The summed E-state index contributed by atoms with van der Waals surface area (Å²) in [7, 11) is 0. The second kappa shape index (κ2) is 13.9. The molecule has 2 saturated carbocycles. The molecule has 8 heteroatoms. The quantitative estimate of drug-likeness (QED) is 0.269. The third-order valence-corrected chi connectivity index (χ3v) is 8.60. The molecule has 2 aliphatic rings. The van der Waals surface area contributed by atoms with E-state index in [1.165, 1.54) is 0 Å². The van der Waals surface area contributed by atoms with Crippen molar-refractivity contribution in [1.29, 1.82) is 0 Å². The number of benzene rings is 2. The molecule has 2 aromatic rings. The third-order valence-electron chi connectivity index (χ3n) is 8.60. The van der Waals surface area contributed by atoms with E-state index in [1.807, 2.05) is 81.4 Å². The summed E-state index contributed by atoms with van der Waals surface area (Å²) in [5, 5.41) is 3.48. The molecule has 0 aromatic heterocycles. The number of nitrogens with one attached hydrogen (secondary N) is 1. The summed E-state index contributed by atoms with van der Waals surface area (Å²) in [6.07, 6.45) is 1.51. The van der Waals surface area contributed by atoms with Gasteiger partial charge in [-0.05, 0) is 69.4 Å². The lowest BCUT2D eigenvalue weighted by molar-refractivity contribution is -0.187. The van der Waals surface area contributed by atoms with Crippen LogP contribution in [0.5, 0.6) is 0 Å². The van der Waals surface area contributed by atoms with Crippen molar-refractivity contribution in [2.24, 2.45) is 17.3 Å². The van der Waals surface area contributed by atoms with Crippen molar-refractivity contribution in [2.45, 2.75) is 84.2 Å². The molecular weight excluding hydrogens is 541 g/mol. The lowest BCUT2D eigenvalue weighted by Crippen LogP contribution is -2.47. The van der Waals surface area contributed by atoms with Crippen molar-refractivity contribution in [3.8, 4) is 0 Å². The average molecular weight is 585 g/mol. The molecule has 0 radical (unpaired) electrons. The van der Waals surface area contributed by atoms with E-state index in [0.717, 1.165) is 53.7 Å². The number of ether oxygens (including phenoxy) is 1. The number of halogens is 3. The zero-order valence-corrected chi connectivity index (χ0v) is 24.8. The van der Waals surface area contributed by atoms with Crippen LogP contribution in [0.4, 0.5) is 13.2 Å². The SMILES string of the molecule is CC/C(=C\c1ccccc1)[C@@H]1C[C@H]1N(C[C@H]1CC[C@H](NCC(C)(C)C(=O)OCc2ccccc2)CC1)C(=O)C(F)(F)F. The van der Waals surface area contributed by atoms with Gasteiger partial charge in [0.1, 0.15) is 6.61 Å². The van der Waals surface area contributed by atoms with Crippen LogP contribution in [0.15, 0.2) is 66.2 Å². The van der Waals surface area contributed by atoms with Crippen molar-refractivity contribution in [3.05, 3.63) is 77.4 Å². The fourth-order valence-corrected chi connectivity index (χ4v) is 5.91. The van der Waals surface area contributed by atoms with Gasteiger partial charge in [-0.1, -0.05) is 79.2 Å². The van der Waals surface area contributed by atoms with E-state index in [0.29, 0.717) is 13.0 Å². The van der Waals surface area contributed by atoms with Crippen LogP contribution in [0.1, 0.15) is 70.4 Å². The monoisotopic (exact) mass is 584 g/mol. The molecule has 1 amide bonds. The topological polar surface area (TPSA) is 58.6 Å². The second-order valence-corrected chi connectivity index (χ2v) is 12.4. The molecule has 42 heavy (non-hydrogen) atoms. The zero-order chi connectivity index (χ0) is 30.3. The van der Waals surface area contributed by atoms with Crippen molar-refractivity contribution < 1.29 is 27.5 Å². The Morgan fingerprint density at radius 1 is 0.976 bits per heavy atom. The van der Waals surface area contributed by atoms with Gasteiger partial charge in [-0.25, -0.2) is 0 Å². The number of esters is 1. The summed E-state index contributed by atoms with van der Waals surface area (Å²) in [5.41, 5.74) is 2.32. The Hall–Kier alpha value is -3.13. The second-order valence-electron chi connectivity index (χ2n) is 12.4. The number of carbonyl (C=O) groups is 2. The first-order valence-corrected chi connectivity index (χ1v) is 15.1. The molecule has 0 spiro atoms. The van der Waals surface area contributed by atoms with E-state index >= 15 is 0 Å². The van der Waals surface area contributed by atoms with E-state index in [1.54, 1.807) is 0 Å². The third kappa shape index (κ3) is 8.69. The summed E-state index contributed by atoms with van der Waals surface area (Å²) in [5.74, 6) is -2.02. The van der Waals surface area contributed by atoms with Crippen LogP contribution in [0.3, 0.4) is 0 Å². The number of hydrogen-bond acceptors (Lipinski definition) is 4. The normalized spacial score (nSPS) is 22.9.